The van der Waals surface area contributed by atoms with E-state index in [9.17, 15) is 4.79 Å². The van der Waals surface area contributed by atoms with Gasteiger partial charge in [-0.1, -0.05) is 50.5 Å². The zero-order chi connectivity index (χ0) is 15.2. The van der Waals surface area contributed by atoms with Gasteiger partial charge in [0.25, 0.3) is 5.91 Å². The lowest BCUT2D eigenvalue weighted by atomic mass is 9.83. The summed E-state index contributed by atoms with van der Waals surface area (Å²) in [5.41, 5.74) is 7.00. The fourth-order valence-corrected chi connectivity index (χ4v) is 3.28. The molecule has 0 bridgehead atoms. The number of thiocarbonyl (C=S) groups is 1. The summed E-state index contributed by atoms with van der Waals surface area (Å²) >= 11 is 4.97. The lowest BCUT2D eigenvalue weighted by molar-refractivity contribution is 0.0911. The van der Waals surface area contributed by atoms with E-state index < -0.39 is 0 Å². The minimum absolute atomic E-state index is 0.0227. The van der Waals surface area contributed by atoms with Crippen LogP contribution in [0.25, 0.3) is 0 Å². The summed E-state index contributed by atoms with van der Waals surface area (Å²) in [5.74, 6) is 0.594. The summed E-state index contributed by atoms with van der Waals surface area (Å²) in [6.07, 6.45) is 7.33. The molecule has 21 heavy (non-hydrogen) atoms. The highest BCUT2D eigenvalue weighted by Crippen LogP contribution is 2.27. The number of amides is 1. The van der Waals surface area contributed by atoms with Gasteiger partial charge in [0.05, 0.1) is 0 Å². The van der Waals surface area contributed by atoms with Crippen LogP contribution in [0.5, 0.6) is 0 Å². The van der Waals surface area contributed by atoms with Crippen LogP contribution >= 0.6 is 12.2 Å². The van der Waals surface area contributed by atoms with E-state index in [0.717, 1.165) is 12.0 Å². The van der Waals surface area contributed by atoms with Crippen molar-refractivity contribution in [2.75, 3.05) is 0 Å². The number of hydrogen-bond acceptors (Lipinski definition) is 2. The van der Waals surface area contributed by atoms with Gasteiger partial charge < -0.3 is 11.1 Å². The van der Waals surface area contributed by atoms with Crippen molar-refractivity contribution in [2.24, 2.45) is 11.7 Å². The Labute approximate surface area is 132 Å². The van der Waals surface area contributed by atoms with Gasteiger partial charge in [-0.3, -0.25) is 4.79 Å². The van der Waals surface area contributed by atoms with Crippen LogP contribution in [0.3, 0.4) is 0 Å². The predicted octanol–water partition coefficient (Wildman–Crippen LogP) is 3.41. The first-order valence-electron chi connectivity index (χ1n) is 7.82. The van der Waals surface area contributed by atoms with Crippen LogP contribution in [0.15, 0.2) is 24.3 Å². The van der Waals surface area contributed by atoms with Crippen molar-refractivity contribution in [1.29, 1.82) is 0 Å². The molecule has 1 fully saturated rings. The third-order valence-corrected chi connectivity index (χ3v) is 4.62. The van der Waals surface area contributed by atoms with Gasteiger partial charge in [-0.25, -0.2) is 0 Å². The average Bonchev–Trinajstić information content (AvgIpc) is 2.53. The molecule has 0 radical (unpaired) electrons. The quantitative estimate of drug-likeness (QED) is 0.820. The average molecular weight is 304 g/mol. The minimum Gasteiger partial charge on any atom is -0.389 e. The van der Waals surface area contributed by atoms with Crippen LogP contribution in [-0.2, 0) is 0 Å². The molecule has 1 aromatic rings. The molecule has 1 aromatic carbocycles. The maximum Gasteiger partial charge on any atom is 0.251 e. The smallest absolute Gasteiger partial charge is 0.251 e. The largest absolute Gasteiger partial charge is 0.389 e. The molecule has 0 aliphatic heterocycles. The number of nitrogens with two attached hydrogens (primary N) is 1. The van der Waals surface area contributed by atoms with Crippen LogP contribution < -0.4 is 11.1 Å². The third kappa shape index (κ3) is 4.27. The van der Waals surface area contributed by atoms with Gasteiger partial charge in [-0.15, -0.1) is 0 Å². The van der Waals surface area contributed by atoms with Crippen LogP contribution in [0.2, 0.25) is 0 Å². The molecule has 3 N–H and O–H groups in total. The third-order valence-electron chi connectivity index (χ3n) is 4.38. The van der Waals surface area contributed by atoms with E-state index in [1.807, 2.05) is 18.2 Å². The van der Waals surface area contributed by atoms with E-state index in [-0.39, 0.29) is 11.9 Å². The highest BCUT2D eigenvalue weighted by molar-refractivity contribution is 7.80. The fraction of sp³-hybridized carbons (Fsp3) is 0.529. The van der Waals surface area contributed by atoms with Crippen molar-refractivity contribution in [3.05, 3.63) is 35.4 Å². The van der Waals surface area contributed by atoms with Gasteiger partial charge >= 0.3 is 0 Å². The monoisotopic (exact) mass is 304 g/mol. The summed E-state index contributed by atoms with van der Waals surface area (Å²) < 4.78 is 0. The summed E-state index contributed by atoms with van der Waals surface area (Å²) in [7, 11) is 0. The zero-order valence-electron chi connectivity index (χ0n) is 12.6. The minimum atomic E-state index is -0.0227. The van der Waals surface area contributed by atoms with Crippen molar-refractivity contribution in [3.8, 4) is 0 Å². The first-order valence-corrected chi connectivity index (χ1v) is 8.23. The number of nitrogens with one attached hydrogen (secondary N) is 1. The van der Waals surface area contributed by atoms with Crippen LogP contribution in [-0.4, -0.2) is 16.9 Å². The second kappa shape index (κ2) is 7.55. The Morgan fingerprint density at radius 1 is 1.33 bits per heavy atom. The number of carbonyl (C=O) groups is 1. The van der Waals surface area contributed by atoms with E-state index >= 15 is 0 Å². The van der Waals surface area contributed by atoms with Crippen molar-refractivity contribution in [3.63, 3.8) is 0 Å². The van der Waals surface area contributed by atoms with E-state index in [1.165, 1.54) is 32.1 Å². The Hall–Kier alpha value is -1.42. The Morgan fingerprint density at radius 2 is 2.00 bits per heavy atom. The van der Waals surface area contributed by atoms with E-state index in [0.29, 0.717) is 16.5 Å². The molecule has 1 unspecified atom stereocenters. The normalized spacial score (nSPS) is 17.2. The molecule has 2 rings (SSSR count). The van der Waals surface area contributed by atoms with E-state index in [1.54, 1.807) is 6.07 Å². The van der Waals surface area contributed by atoms with Crippen molar-refractivity contribution in [1.82, 2.24) is 5.32 Å². The second-order valence-corrected chi connectivity index (χ2v) is 6.27. The Balaban J connectivity index is 2.04. The molecule has 4 heteroatoms. The molecular weight excluding hydrogens is 280 g/mol. The molecule has 0 heterocycles. The van der Waals surface area contributed by atoms with Crippen molar-refractivity contribution >= 4 is 23.1 Å². The molecular formula is C17H24N2OS. The van der Waals surface area contributed by atoms with Crippen molar-refractivity contribution < 1.29 is 4.79 Å². The molecule has 1 saturated carbocycles. The maximum absolute atomic E-state index is 12.4. The van der Waals surface area contributed by atoms with Gasteiger partial charge in [-0.2, -0.15) is 0 Å². The van der Waals surface area contributed by atoms with Crippen molar-refractivity contribution in [2.45, 2.75) is 51.5 Å². The van der Waals surface area contributed by atoms with Gasteiger partial charge in [0.1, 0.15) is 4.99 Å². The van der Waals surface area contributed by atoms with Gasteiger partial charge in [0.15, 0.2) is 0 Å². The molecule has 1 amide bonds. The number of carbonyl (C=O) groups excluding carboxylic acids is 1. The molecule has 114 valence electrons. The summed E-state index contributed by atoms with van der Waals surface area (Å²) in [6, 6.07) is 7.50. The summed E-state index contributed by atoms with van der Waals surface area (Å²) in [5, 5.41) is 3.20. The highest BCUT2D eigenvalue weighted by Gasteiger charge is 2.24. The lowest BCUT2D eigenvalue weighted by Gasteiger charge is -2.30. The first-order chi connectivity index (χ1) is 10.1. The second-order valence-electron chi connectivity index (χ2n) is 5.83. The SMILES string of the molecule is CCC(NC(=O)c1cccc(C(N)=S)c1)C1CCCCC1. The number of benzene rings is 1. The van der Waals surface area contributed by atoms with E-state index in [4.69, 9.17) is 18.0 Å². The van der Waals surface area contributed by atoms with Gasteiger partial charge in [-0.05, 0) is 37.3 Å². The molecule has 3 nitrogen and oxygen atoms in total. The molecule has 1 aliphatic rings. The fourth-order valence-electron chi connectivity index (χ4n) is 3.16. The van der Waals surface area contributed by atoms with E-state index in [2.05, 4.69) is 12.2 Å². The predicted molar refractivity (Wildman–Crippen MR) is 90.4 cm³/mol. The molecule has 1 aliphatic carbocycles. The molecule has 0 spiro atoms. The maximum atomic E-state index is 12.4. The van der Waals surface area contributed by atoms with Crippen LogP contribution in [0.1, 0.15) is 61.4 Å². The lowest BCUT2D eigenvalue weighted by Crippen LogP contribution is -2.40. The van der Waals surface area contributed by atoms with Gasteiger partial charge in [0, 0.05) is 17.2 Å². The van der Waals surface area contributed by atoms with Crippen LogP contribution in [0.4, 0.5) is 0 Å². The number of rotatable bonds is 5. The molecule has 0 aromatic heterocycles. The standard InChI is InChI=1S/C17H24N2OS/c1-2-15(12-7-4-3-5-8-12)19-17(20)14-10-6-9-13(11-14)16(18)21/h6,9-12,15H,2-5,7-8H2,1H3,(H2,18,21)(H,19,20). The Bertz CT molecular complexity index is 509. The first kappa shape index (κ1) is 16.0. The Morgan fingerprint density at radius 3 is 2.62 bits per heavy atom. The van der Waals surface area contributed by atoms with Crippen LogP contribution in [0, 0.1) is 5.92 Å². The highest BCUT2D eigenvalue weighted by atomic mass is 32.1. The summed E-state index contributed by atoms with van der Waals surface area (Å²) in [6.45, 7) is 2.14. The molecule has 0 saturated heterocycles. The summed E-state index contributed by atoms with van der Waals surface area (Å²) in [4.78, 5) is 12.8. The zero-order valence-corrected chi connectivity index (χ0v) is 13.4. The van der Waals surface area contributed by atoms with Gasteiger partial charge in [0.2, 0.25) is 0 Å². The topological polar surface area (TPSA) is 55.1 Å². The molecule has 1 atom stereocenters. The number of hydrogen-bond donors (Lipinski definition) is 2. The Kier molecular flexibility index (Phi) is 5.74.